The minimum Gasteiger partial charge on any atom is -0.355 e. The molecule has 3 rings (SSSR count). The Hall–Kier alpha value is -1.29. The van der Waals surface area contributed by atoms with Crippen LogP contribution in [0.5, 0.6) is 0 Å². The number of nitrogens with one attached hydrogen (secondary N) is 1. The molecule has 84 valence electrons. The molecule has 0 amide bonds. The smallest absolute Gasteiger partial charge is 0.159 e. The van der Waals surface area contributed by atoms with Gasteiger partial charge in [-0.15, -0.1) is 0 Å². The van der Waals surface area contributed by atoms with Gasteiger partial charge < -0.3 is 4.90 Å². The molecular formula is C11H13ClN4. The van der Waals surface area contributed by atoms with Crippen LogP contribution in [0.15, 0.2) is 12.3 Å². The molecule has 3 heterocycles. The van der Waals surface area contributed by atoms with Crippen LogP contribution in [0, 0.1) is 0 Å². The lowest BCUT2D eigenvalue weighted by molar-refractivity contribution is 0.574. The predicted molar refractivity (Wildman–Crippen MR) is 65.0 cm³/mol. The SMILES string of the molecule is Clc1cc2[nH]nc(N3CCCCC3)c2cn1. The summed E-state index contributed by atoms with van der Waals surface area (Å²) in [7, 11) is 0. The van der Waals surface area contributed by atoms with Gasteiger partial charge in [-0.25, -0.2) is 4.98 Å². The summed E-state index contributed by atoms with van der Waals surface area (Å²) in [5.41, 5.74) is 0.959. The number of fused-ring (bicyclic) bond motifs is 1. The fourth-order valence-corrected chi connectivity index (χ4v) is 2.38. The van der Waals surface area contributed by atoms with Gasteiger partial charge in [0.05, 0.1) is 10.9 Å². The van der Waals surface area contributed by atoms with Gasteiger partial charge in [-0.1, -0.05) is 11.6 Å². The third-order valence-corrected chi connectivity index (χ3v) is 3.26. The minimum atomic E-state index is 0.501. The number of aromatic nitrogens is 3. The summed E-state index contributed by atoms with van der Waals surface area (Å²) >= 11 is 5.84. The van der Waals surface area contributed by atoms with Crippen molar-refractivity contribution in [2.24, 2.45) is 0 Å². The van der Waals surface area contributed by atoms with Crippen LogP contribution in [-0.4, -0.2) is 28.3 Å². The van der Waals surface area contributed by atoms with Crippen molar-refractivity contribution >= 4 is 28.3 Å². The molecule has 2 aromatic heterocycles. The fraction of sp³-hybridized carbons (Fsp3) is 0.455. The van der Waals surface area contributed by atoms with Gasteiger partial charge >= 0.3 is 0 Å². The second-order valence-electron chi connectivity index (χ2n) is 4.15. The number of rotatable bonds is 1. The summed E-state index contributed by atoms with van der Waals surface area (Å²) in [5.74, 6) is 1.01. The van der Waals surface area contributed by atoms with Gasteiger partial charge in [-0.3, -0.25) is 5.10 Å². The Balaban J connectivity index is 2.03. The number of piperidine rings is 1. The zero-order chi connectivity index (χ0) is 11.0. The largest absolute Gasteiger partial charge is 0.355 e. The fourth-order valence-electron chi connectivity index (χ4n) is 2.22. The molecule has 5 heteroatoms. The molecule has 2 aromatic rings. The lowest BCUT2D eigenvalue weighted by Gasteiger charge is -2.26. The molecule has 0 unspecified atom stereocenters. The molecule has 0 atom stereocenters. The third kappa shape index (κ3) is 1.63. The van der Waals surface area contributed by atoms with Gasteiger partial charge in [0.15, 0.2) is 5.82 Å². The van der Waals surface area contributed by atoms with E-state index in [1.54, 1.807) is 6.20 Å². The molecule has 1 saturated heterocycles. The van der Waals surface area contributed by atoms with Crippen molar-refractivity contribution in [2.45, 2.75) is 19.3 Å². The van der Waals surface area contributed by atoms with Crippen LogP contribution in [0.25, 0.3) is 10.9 Å². The lowest BCUT2D eigenvalue weighted by atomic mass is 10.1. The summed E-state index contributed by atoms with van der Waals surface area (Å²) in [4.78, 5) is 6.43. The number of pyridine rings is 1. The van der Waals surface area contributed by atoms with E-state index < -0.39 is 0 Å². The van der Waals surface area contributed by atoms with Crippen LogP contribution in [0.3, 0.4) is 0 Å². The second-order valence-corrected chi connectivity index (χ2v) is 4.53. The number of hydrogen-bond donors (Lipinski definition) is 1. The second kappa shape index (κ2) is 3.94. The minimum absolute atomic E-state index is 0.501. The molecule has 0 bridgehead atoms. The highest BCUT2D eigenvalue weighted by Crippen LogP contribution is 2.26. The maximum atomic E-state index is 5.84. The first-order valence-corrected chi connectivity index (χ1v) is 5.97. The van der Waals surface area contributed by atoms with E-state index in [1.807, 2.05) is 6.07 Å². The van der Waals surface area contributed by atoms with Gasteiger partial charge in [0.2, 0.25) is 0 Å². The van der Waals surface area contributed by atoms with Crippen molar-refractivity contribution < 1.29 is 0 Å². The van der Waals surface area contributed by atoms with E-state index in [0.717, 1.165) is 29.8 Å². The molecule has 1 aliphatic rings. The number of halogens is 1. The molecule has 16 heavy (non-hydrogen) atoms. The van der Waals surface area contributed by atoms with Gasteiger partial charge in [-0.05, 0) is 19.3 Å². The van der Waals surface area contributed by atoms with Crippen LogP contribution in [0.2, 0.25) is 5.15 Å². The van der Waals surface area contributed by atoms with Crippen LogP contribution in [0.4, 0.5) is 5.82 Å². The zero-order valence-corrected chi connectivity index (χ0v) is 9.67. The van der Waals surface area contributed by atoms with E-state index in [9.17, 15) is 0 Å². The van der Waals surface area contributed by atoms with Crippen molar-refractivity contribution in [3.8, 4) is 0 Å². The average molecular weight is 237 g/mol. The Kier molecular flexibility index (Phi) is 2.44. The summed E-state index contributed by atoms with van der Waals surface area (Å²) in [6.45, 7) is 2.17. The Morgan fingerprint density at radius 1 is 1.25 bits per heavy atom. The molecule has 0 aromatic carbocycles. The number of nitrogens with zero attached hydrogens (tertiary/aromatic N) is 3. The van der Waals surface area contributed by atoms with Crippen molar-refractivity contribution in [1.82, 2.24) is 15.2 Å². The molecule has 1 fully saturated rings. The van der Waals surface area contributed by atoms with Gasteiger partial charge in [0, 0.05) is 25.4 Å². The summed E-state index contributed by atoms with van der Waals surface area (Å²) in [6, 6.07) is 1.82. The van der Waals surface area contributed by atoms with E-state index >= 15 is 0 Å². The van der Waals surface area contributed by atoms with Crippen molar-refractivity contribution in [2.75, 3.05) is 18.0 Å². The normalized spacial score (nSPS) is 16.9. The highest BCUT2D eigenvalue weighted by atomic mass is 35.5. The number of H-pyrrole nitrogens is 1. The van der Waals surface area contributed by atoms with Crippen LogP contribution >= 0.6 is 11.6 Å². The maximum absolute atomic E-state index is 5.84. The van der Waals surface area contributed by atoms with Crippen molar-refractivity contribution in [3.05, 3.63) is 17.4 Å². The Morgan fingerprint density at radius 2 is 2.06 bits per heavy atom. The van der Waals surface area contributed by atoms with Crippen molar-refractivity contribution in [1.29, 1.82) is 0 Å². The maximum Gasteiger partial charge on any atom is 0.159 e. The Labute approximate surface area is 98.6 Å². The Bertz CT molecular complexity index is 502. The lowest BCUT2D eigenvalue weighted by Crippen LogP contribution is -2.29. The first-order valence-electron chi connectivity index (χ1n) is 5.59. The molecule has 0 spiro atoms. The molecule has 0 aliphatic carbocycles. The first-order chi connectivity index (χ1) is 7.84. The number of aromatic amines is 1. The average Bonchev–Trinajstić information content (AvgIpc) is 2.73. The van der Waals surface area contributed by atoms with Crippen LogP contribution in [0.1, 0.15) is 19.3 Å². The monoisotopic (exact) mass is 236 g/mol. The van der Waals surface area contributed by atoms with E-state index in [4.69, 9.17) is 11.6 Å². The summed E-state index contributed by atoms with van der Waals surface area (Å²) in [6.07, 6.45) is 5.61. The standard InChI is InChI=1S/C11H13ClN4/c12-10-6-9-8(7-13-10)11(15-14-9)16-4-2-1-3-5-16/h6-7H,1-5H2,(H,14,15). The molecule has 0 saturated carbocycles. The van der Waals surface area contributed by atoms with E-state index in [0.29, 0.717) is 5.15 Å². The predicted octanol–water partition coefficient (Wildman–Crippen LogP) is 2.60. The highest BCUT2D eigenvalue weighted by molar-refractivity contribution is 6.30. The van der Waals surface area contributed by atoms with Gasteiger partial charge in [0.25, 0.3) is 0 Å². The molecule has 1 aliphatic heterocycles. The molecular weight excluding hydrogens is 224 g/mol. The van der Waals surface area contributed by atoms with Crippen molar-refractivity contribution in [3.63, 3.8) is 0 Å². The van der Waals surface area contributed by atoms with Gasteiger partial charge in [-0.2, -0.15) is 5.10 Å². The van der Waals surface area contributed by atoms with E-state index in [-0.39, 0.29) is 0 Å². The Morgan fingerprint density at radius 3 is 2.88 bits per heavy atom. The number of anilines is 1. The quantitative estimate of drug-likeness (QED) is 0.775. The van der Waals surface area contributed by atoms with Crippen LogP contribution < -0.4 is 4.90 Å². The molecule has 1 N–H and O–H groups in total. The van der Waals surface area contributed by atoms with Crippen LogP contribution in [-0.2, 0) is 0 Å². The zero-order valence-electron chi connectivity index (χ0n) is 8.91. The third-order valence-electron chi connectivity index (χ3n) is 3.05. The summed E-state index contributed by atoms with van der Waals surface area (Å²) in [5, 5.41) is 8.94. The topological polar surface area (TPSA) is 44.8 Å². The van der Waals surface area contributed by atoms with E-state index in [2.05, 4.69) is 20.1 Å². The first kappa shape index (κ1) is 9.90. The van der Waals surface area contributed by atoms with Gasteiger partial charge in [0.1, 0.15) is 5.15 Å². The molecule has 4 nitrogen and oxygen atoms in total. The number of hydrogen-bond acceptors (Lipinski definition) is 3. The highest BCUT2D eigenvalue weighted by Gasteiger charge is 2.16. The summed E-state index contributed by atoms with van der Waals surface area (Å²) < 4.78 is 0. The molecule has 0 radical (unpaired) electrons. The van der Waals surface area contributed by atoms with E-state index in [1.165, 1.54) is 19.3 Å².